The Labute approximate surface area is 369 Å². The van der Waals surface area contributed by atoms with Crippen LogP contribution in [-0.4, -0.2) is 134 Å². The number of esters is 1. The van der Waals surface area contributed by atoms with Crippen LogP contribution in [0.2, 0.25) is 0 Å². The number of carbonyl (C=O) groups is 6. The van der Waals surface area contributed by atoms with Gasteiger partial charge in [0.1, 0.15) is 11.6 Å². The van der Waals surface area contributed by atoms with Gasteiger partial charge < -0.3 is 34.6 Å². The highest BCUT2D eigenvalue weighted by molar-refractivity contribution is 5.96. The monoisotopic (exact) mass is 864 g/mol. The van der Waals surface area contributed by atoms with Crippen molar-refractivity contribution in [3.63, 3.8) is 0 Å². The first-order chi connectivity index (χ1) is 29.1. The van der Waals surface area contributed by atoms with E-state index in [9.17, 15) is 28.8 Å². The lowest BCUT2D eigenvalue weighted by Gasteiger charge is -2.42. The highest BCUT2D eigenvalue weighted by Gasteiger charge is 2.44. The normalized spacial score (nSPS) is 18.2. The molecule has 62 heavy (non-hydrogen) atoms. The Hall–Kier alpha value is -4.66. The highest BCUT2D eigenvalue weighted by atomic mass is 16.5. The van der Waals surface area contributed by atoms with E-state index < -0.39 is 59.9 Å². The fourth-order valence-electron chi connectivity index (χ4n) is 8.86. The largest absolute Gasteiger partial charge is 0.452 e. The number of likely N-dealkylation sites (tertiary alicyclic amines) is 1. The maximum Gasteiger partial charge on any atom is 0.338 e. The van der Waals surface area contributed by atoms with Gasteiger partial charge in [0, 0.05) is 33.4 Å². The first-order valence-corrected chi connectivity index (χ1v) is 21.9. The predicted octanol–water partition coefficient (Wildman–Crippen LogP) is 5.69. The first kappa shape index (κ1) is 51.7. The van der Waals surface area contributed by atoms with Crippen LogP contribution in [0.25, 0.3) is 0 Å². The topological polar surface area (TPSA) is 164 Å². The van der Waals surface area contributed by atoms with Gasteiger partial charge in [-0.05, 0) is 84.2 Å². The van der Waals surface area contributed by atoms with Gasteiger partial charge in [0.15, 0.2) is 5.78 Å². The minimum Gasteiger partial charge on any atom is -0.452 e. The Morgan fingerprint density at radius 2 is 1.45 bits per heavy atom. The summed E-state index contributed by atoms with van der Waals surface area (Å²) < 4.78 is 18.0. The summed E-state index contributed by atoms with van der Waals surface area (Å²) in [6.07, 6.45) is -0.154. The molecule has 2 N–H and O–H groups in total. The van der Waals surface area contributed by atoms with Crippen LogP contribution in [0.4, 0.5) is 0 Å². The van der Waals surface area contributed by atoms with E-state index in [0.29, 0.717) is 36.9 Å². The fraction of sp³-hybridized carbons (Fsp3) is 0.625. The number of likely N-dealkylation sites (N-methyl/N-ethyl adjacent to an activating group) is 2. The van der Waals surface area contributed by atoms with Gasteiger partial charge in [0.05, 0.1) is 54.3 Å². The van der Waals surface area contributed by atoms with Crippen LogP contribution in [0.3, 0.4) is 0 Å². The molecule has 0 saturated carbocycles. The molecule has 14 heteroatoms. The standard InChI is InChI=1S/C48H73N5O9/c1-15-30(4)41(52(12)47(59)48(8,9)50-45(57)40(29(2)3)51(10)11)38(60-13)28-39(55)53-27-19-22-37(53)42(61-14)31(5)44(56)49-32(6)43(35-20-17-16-18-21-35)62-46(58)36-25-23-34(24-26-36)33(7)54/h16-18,20-21,23-26,29-32,37-38,40-43H,15,19,22,27-28H2,1-14H3,(H,49,56)(H,50,57)/t30-,31+,32+,37-,38+,40-,41-,42+,43+/m0/s1. The van der Waals surface area contributed by atoms with E-state index in [4.69, 9.17) is 14.2 Å². The second-order valence-electron chi connectivity index (χ2n) is 18.0. The van der Waals surface area contributed by atoms with Crippen molar-refractivity contribution in [2.75, 3.05) is 41.9 Å². The summed E-state index contributed by atoms with van der Waals surface area (Å²) in [6.45, 7) is 16.8. The molecule has 0 aliphatic carbocycles. The quantitative estimate of drug-likeness (QED) is 0.111. The molecule has 3 rings (SSSR count). The van der Waals surface area contributed by atoms with Gasteiger partial charge >= 0.3 is 5.97 Å². The smallest absolute Gasteiger partial charge is 0.338 e. The van der Waals surface area contributed by atoms with Gasteiger partial charge in [-0.1, -0.05) is 83.5 Å². The molecule has 0 radical (unpaired) electrons. The van der Waals surface area contributed by atoms with E-state index >= 15 is 0 Å². The molecular formula is C48H73N5O9. The minimum atomic E-state index is -1.24. The van der Waals surface area contributed by atoms with Gasteiger partial charge in [0.25, 0.3) is 0 Å². The van der Waals surface area contributed by atoms with Crippen molar-refractivity contribution >= 4 is 35.4 Å². The van der Waals surface area contributed by atoms with Crippen LogP contribution in [0.1, 0.15) is 120 Å². The Bertz CT molecular complexity index is 1810. The average Bonchev–Trinajstić information content (AvgIpc) is 3.71. The summed E-state index contributed by atoms with van der Waals surface area (Å²) in [5.74, 6) is -2.52. The van der Waals surface area contributed by atoms with Crippen LogP contribution in [-0.2, 0) is 33.4 Å². The number of carbonyl (C=O) groups excluding carboxylic acids is 6. The molecule has 9 atom stereocenters. The van der Waals surface area contributed by atoms with E-state index in [0.717, 1.165) is 0 Å². The zero-order valence-electron chi connectivity index (χ0n) is 39.5. The molecule has 1 aliphatic heterocycles. The fourth-order valence-corrected chi connectivity index (χ4v) is 8.86. The van der Waals surface area contributed by atoms with Gasteiger partial charge in [-0.15, -0.1) is 0 Å². The summed E-state index contributed by atoms with van der Waals surface area (Å²) in [4.78, 5) is 86.4. The van der Waals surface area contributed by atoms with E-state index in [2.05, 4.69) is 10.6 Å². The van der Waals surface area contributed by atoms with Crippen LogP contribution in [0, 0.1) is 17.8 Å². The predicted molar refractivity (Wildman–Crippen MR) is 239 cm³/mol. The van der Waals surface area contributed by atoms with Gasteiger partial charge in [-0.3, -0.25) is 28.9 Å². The summed E-state index contributed by atoms with van der Waals surface area (Å²) in [6, 6.07) is 13.4. The molecule has 0 unspecified atom stereocenters. The Morgan fingerprint density at radius 1 is 0.855 bits per heavy atom. The number of ether oxygens (including phenoxy) is 3. The van der Waals surface area contributed by atoms with Gasteiger partial charge in [-0.2, -0.15) is 0 Å². The molecule has 2 aromatic rings. The number of rotatable bonds is 22. The molecule has 1 fully saturated rings. The van der Waals surface area contributed by atoms with Crippen molar-refractivity contribution in [2.24, 2.45) is 17.8 Å². The maximum atomic E-state index is 14.3. The molecule has 14 nitrogen and oxygen atoms in total. The third-order valence-corrected chi connectivity index (χ3v) is 12.4. The number of nitrogens with zero attached hydrogens (tertiary/aromatic N) is 3. The number of methoxy groups -OCH3 is 2. The van der Waals surface area contributed by atoms with Crippen LogP contribution in [0.15, 0.2) is 54.6 Å². The molecule has 1 heterocycles. The lowest BCUT2D eigenvalue weighted by Crippen LogP contribution is -2.62. The van der Waals surface area contributed by atoms with E-state index in [1.54, 1.807) is 75.9 Å². The van der Waals surface area contributed by atoms with Crippen molar-refractivity contribution in [2.45, 2.75) is 136 Å². The molecule has 4 amide bonds. The SMILES string of the molecule is CC[C@H](C)[C@@H]([C@@H](CC(=O)N1CCC[C@H]1[C@H](OC)[C@@H](C)C(=O)N[C@H](C)[C@@H](OC(=O)c1ccc(C(C)=O)cc1)c1ccccc1)OC)N(C)C(=O)C(C)(C)NC(=O)[C@H](C(C)C)N(C)C. The number of nitrogens with one attached hydrogen (secondary N) is 2. The second kappa shape index (κ2) is 23.1. The van der Waals surface area contributed by atoms with E-state index in [1.807, 2.05) is 77.0 Å². The van der Waals surface area contributed by atoms with Gasteiger partial charge in [0.2, 0.25) is 23.6 Å². The molecule has 344 valence electrons. The number of benzene rings is 2. The van der Waals surface area contributed by atoms with Crippen molar-refractivity contribution in [1.82, 2.24) is 25.3 Å². The van der Waals surface area contributed by atoms with Crippen LogP contribution in [0.5, 0.6) is 0 Å². The molecule has 0 spiro atoms. The summed E-state index contributed by atoms with van der Waals surface area (Å²) >= 11 is 0. The third kappa shape index (κ3) is 12.9. The summed E-state index contributed by atoms with van der Waals surface area (Å²) in [5, 5.41) is 6.03. The van der Waals surface area contributed by atoms with Gasteiger partial charge in [-0.25, -0.2) is 4.79 Å². The molecule has 1 saturated heterocycles. The number of amides is 4. The lowest BCUT2D eigenvalue weighted by atomic mass is 9.89. The Balaban J connectivity index is 1.79. The molecular weight excluding hydrogens is 791 g/mol. The first-order valence-electron chi connectivity index (χ1n) is 21.9. The number of Topliss-reactive ketones (excluding diaryl/α,β-unsaturated/α-hetero) is 1. The second-order valence-corrected chi connectivity index (χ2v) is 18.0. The van der Waals surface area contributed by atoms with E-state index in [-0.39, 0.29) is 53.2 Å². The Kier molecular flexibility index (Phi) is 19.3. The van der Waals surface area contributed by atoms with E-state index in [1.165, 1.54) is 14.0 Å². The van der Waals surface area contributed by atoms with Crippen LogP contribution >= 0.6 is 0 Å². The van der Waals surface area contributed by atoms with Crippen molar-refractivity contribution in [3.05, 3.63) is 71.3 Å². The minimum absolute atomic E-state index is 0.0158. The lowest BCUT2D eigenvalue weighted by molar-refractivity contribution is -0.149. The maximum absolute atomic E-state index is 14.3. The highest BCUT2D eigenvalue weighted by Crippen LogP contribution is 2.31. The van der Waals surface area contributed by atoms with Crippen molar-refractivity contribution in [1.29, 1.82) is 0 Å². The molecule has 2 aromatic carbocycles. The number of hydrogen-bond acceptors (Lipinski definition) is 10. The average molecular weight is 864 g/mol. The number of hydrogen-bond donors (Lipinski definition) is 2. The zero-order valence-corrected chi connectivity index (χ0v) is 39.5. The Morgan fingerprint density at radius 3 is 1.97 bits per heavy atom. The van der Waals surface area contributed by atoms with Crippen molar-refractivity contribution in [3.8, 4) is 0 Å². The molecule has 0 bridgehead atoms. The van der Waals surface area contributed by atoms with Crippen molar-refractivity contribution < 1.29 is 43.0 Å². The molecule has 0 aromatic heterocycles. The summed E-state index contributed by atoms with van der Waals surface area (Å²) in [7, 11) is 8.45. The molecule has 1 aliphatic rings. The number of ketones is 1. The summed E-state index contributed by atoms with van der Waals surface area (Å²) in [5.41, 5.74) is 0.188. The van der Waals surface area contributed by atoms with Crippen LogP contribution < -0.4 is 10.6 Å². The zero-order chi connectivity index (χ0) is 46.6. The third-order valence-electron chi connectivity index (χ3n) is 12.4.